The normalized spacial score (nSPS) is 19.4. The van der Waals surface area contributed by atoms with Gasteiger partial charge in [0, 0.05) is 17.1 Å². The molecule has 3 N–H and O–H groups in total. The van der Waals surface area contributed by atoms with E-state index in [2.05, 4.69) is 31.0 Å². The predicted octanol–water partition coefficient (Wildman–Crippen LogP) is 1.18. The SMILES string of the molecule is O=c1[nH]c2cc(Br)c(S(=O)(=O)NC3CCNC3)c(Cl)c2o1. The first kappa shape index (κ1) is 15.0. The van der Waals surface area contributed by atoms with Gasteiger partial charge in [-0.1, -0.05) is 11.6 Å². The van der Waals surface area contributed by atoms with Gasteiger partial charge >= 0.3 is 5.76 Å². The number of benzene rings is 1. The van der Waals surface area contributed by atoms with Gasteiger partial charge in [0.15, 0.2) is 5.58 Å². The molecule has 1 fully saturated rings. The van der Waals surface area contributed by atoms with E-state index >= 15 is 0 Å². The molecule has 0 bridgehead atoms. The van der Waals surface area contributed by atoms with Crippen LogP contribution in [0.1, 0.15) is 6.42 Å². The summed E-state index contributed by atoms with van der Waals surface area (Å²) in [6.07, 6.45) is 0.704. The van der Waals surface area contributed by atoms with E-state index in [-0.39, 0.29) is 26.0 Å². The van der Waals surface area contributed by atoms with E-state index in [0.717, 1.165) is 6.54 Å². The number of aromatic nitrogens is 1. The van der Waals surface area contributed by atoms with Gasteiger partial charge in [-0.05, 0) is 35.0 Å². The van der Waals surface area contributed by atoms with E-state index in [0.29, 0.717) is 18.5 Å². The van der Waals surface area contributed by atoms with Crippen molar-refractivity contribution in [2.75, 3.05) is 13.1 Å². The van der Waals surface area contributed by atoms with Gasteiger partial charge in [0.1, 0.15) is 9.92 Å². The van der Waals surface area contributed by atoms with Crippen LogP contribution < -0.4 is 15.8 Å². The van der Waals surface area contributed by atoms with Gasteiger partial charge in [0.2, 0.25) is 10.0 Å². The van der Waals surface area contributed by atoms with E-state index < -0.39 is 15.8 Å². The average molecular weight is 397 g/mol. The number of halogens is 2. The summed E-state index contributed by atoms with van der Waals surface area (Å²) in [5.74, 6) is -0.693. The molecule has 0 aliphatic carbocycles. The molecule has 1 aliphatic rings. The summed E-state index contributed by atoms with van der Waals surface area (Å²) in [5, 5.41) is 2.94. The third-order valence-corrected chi connectivity index (χ3v) is 6.18. The summed E-state index contributed by atoms with van der Waals surface area (Å²) in [5.41, 5.74) is 0.355. The topological polar surface area (TPSA) is 104 Å². The number of sulfonamides is 1. The van der Waals surface area contributed by atoms with E-state index in [1.165, 1.54) is 6.07 Å². The van der Waals surface area contributed by atoms with Crippen LogP contribution in [0, 0.1) is 0 Å². The van der Waals surface area contributed by atoms with Gasteiger partial charge in [-0.25, -0.2) is 17.9 Å². The molecule has 1 aliphatic heterocycles. The second-order valence-corrected chi connectivity index (χ2v) is 7.59. The Balaban J connectivity index is 2.12. The maximum Gasteiger partial charge on any atom is 0.417 e. The van der Waals surface area contributed by atoms with Crippen LogP contribution in [0.5, 0.6) is 0 Å². The molecule has 114 valence electrons. The number of nitrogens with one attached hydrogen (secondary N) is 3. The zero-order valence-electron chi connectivity index (χ0n) is 10.6. The second kappa shape index (κ2) is 5.40. The van der Waals surface area contributed by atoms with Gasteiger partial charge in [-0.3, -0.25) is 4.98 Å². The lowest BCUT2D eigenvalue weighted by Gasteiger charge is -2.14. The largest absolute Gasteiger partial charge is 0.417 e. The van der Waals surface area contributed by atoms with Crippen molar-refractivity contribution in [3.05, 3.63) is 26.1 Å². The Morgan fingerprint density at radius 1 is 1.48 bits per heavy atom. The Morgan fingerprint density at radius 3 is 2.90 bits per heavy atom. The van der Waals surface area contributed by atoms with Crippen molar-refractivity contribution in [3.63, 3.8) is 0 Å². The molecular weight excluding hydrogens is 386 g/mol. The molecule has 10 heteroatoms. The Labute approximate surface area is 133 Å². The molecule has 3 rings (SSSR count). The standard InChI is InChI=1S/C11H11BrClN3O4S/c12-6-3-7-9(20-11(17)15-7)8(13)10(6)21(18,19)16-5-1-2-14-4-5/h3,5,14,16H,1-2,4H2,(H,15,17). The highest BCUT2D eigenvalue weighted by molar-refractivity contribution is 9.10. The van der Waals surface area contributed by atoms with E-state index in [1.54, 1.807) is 0 Å². The number of hydrogen-bond donors (Lipinski definition) is 3. The molecule has 0 spiro atoms. The first-order valence-corrected chi connectivity index (χ1v) is 8.78. The minimum Gasteiger partial charge on any atom is -0.406 e. The quantitative estimate of drug-likeness (QED) is 0.722. The molecule has 0 radical (unpaired) electrons. The zero-order chi connectivity index (χ0) is 15.2. The number of hydrogen-bond acceptors (Lipinski definition) is 5. The lowest BCUT2D eigenvalue weighted by Crippen LogP contribution is -2.36. The summed E-state index contributed by atoms with van der Waals surface area (Å²) in [4.78, 5) is 13.5. The van der Waals surface area contributed by atoms with Crippen molar-refractivity contribution in [2.24, 2.45) is 0 Å². The van der Waals surface area contributed by atoms with Crippen molar-refractivity contribution in [2.45, 2.75) is 17.4 Å². The second-order valence-electron chi connectivity index (χ2n) is 4.70. The summed E-state index contributed by atoms with van der Waals surface area (Å²) < 4.78 is 32.7. The van der Waals surface area contributed by atoms with Crippen LogP contribution in [0.2, 0.25) is 5.02 Å². The summed E-state index contributed by atoms with van der Waals surface area (Å²) in [6, 6.07) is 1.26. The minimum atomic E-state index is -3.83. The highest BCUT2D eigenvalue weighted by atomic mass is 79.9. The van der Waals surface area contributed by atoms with Crippen LogP contribution in [0.4, 0.5) is 0 Å². The maximum atomic E-state index is 12.5. The molecule has 2 heterocycles. The fourth-order valence-corrected chi connectivity index (χ4v) is 5.41. The van der Waals surface area contributed by atoms with Gasteiger partial charge < -0.3 is 9.73 Å². The fourth-order valence-electron chi connectivity index (χ4n) is 2.28. The highest BCUT2D eigenvalue weighted by Crippen LogP contribution is 2.35. The molecule has 1 saturated heterocycles. The van der Waals surface area contributed by atoms with Gasteiger partial charge in [-0.15, -0.1) is 0 Å². The highest BCUT2D eigenvalue weighted by Gasteiger charge is 2.29. The molecule has 0 amide bonds. The van der Waals surface area contributed by atoms with Crippen molar-refractivity contribution < 1.29 is 12.8 Å². The number of oxazole rings is 1. The first-order valence-electron chi connectivity index (χ1n) is 6.12. The number of rotatable bonds is 3. The van der Waals surface area contributed by atoms with E-state index in [1.807, 2.05) is 0 Å². The molecule has 1 aromatic heterocycles. The predicted molar refractivity (Wildman–Crippen MR) is 81.1 cm³/mol. The average Bonchev–Trinajstić information content (AvgIpc) is 2.97. The molecule has 0 saturated carbocycles. The summed E-state index contributed by atoms with van der Waals surface area (Å²) in [6.45, 7) is 1.32. The first-order chi connectivity index (χ1) is 9.88. The van der Waals surface area contributed by atoms with Crippen LogP contribution in [0.3, 0.4) is 0 Å². The third kappa shape index (κ3) is 2.76. The van der Waals surface area contributed by atoms with Crippen LogP contribution in [-0.2, 0) is 10.0 Å². The lowest BCUT2D eigenvalue weighted by molar-refractivity contribution is 0.550. The third-order valence-electron chi connectivity index (χ3n) is 3.21. The van der Waals surface area contributed by atoms with E-state index in [9.17, 15) is 13.2 Å². The molecule has 2 aromatic rings. The Hall–Kier alpha value is -0.870. The zero-order valence-corrected chi connectivity index (χ0v) is 13.7. The molecule has 21 heavy (non-hydrogen) atoms. The van der Waals surface area contributed by atoms with Gasteiger partial charge in [0.25, 0.3) is 0 Å². The monoisotopic (exact) mass is 395 g/mol. The number of fused-ring (bicyclic) bond motifs is 1. The number of H-pyrrole nitrogens is 1. The van der Waals surface area contributed by atoms with Crippen LogP contribution >= 0.6 is 27.5 Å². The van der Waals surface area contributed by atoms with Crippen molar-refractivity contribution in [1.29, 1.82) is 0 Å². The van der Waals surface area contributed by atoms with Crippen LogP contribution in [0.25, 0.3) is 11.1 Å². The van der Waals surface area contributed by atoms with Crippen molar-refractivity contribution in [3.8, 4) is 0 Å². The van der Waals surface area contributed by atoms with Gasteiger partial charge in [0.05, 0.1) is 5.52 Å². The molecule has 1 atom stereocenters. The molecule has 7 nitrogen and oxygen atoms in total. The molecule has 1 aromatic carbocycles. The Kier molecular flexibility index (Phi) is 3.87. The lowest BCUT2D eigenvalue weighted by atomic mass is 10.3. The van der Waals surface area contributed by atoms with Crippen LogP contribution in [-0.4, -0.2) is 32.5 Å². The smallest absolute Gasteiger partial charge is 0.406 e. The van der Waals surface area contributed by atoms with Crippen molar-refractivity contribution >= 4 is 48.7 Å². The Bertz CT molecular complexity index is 854. The summed E-state index contributed by atoms with van der Waals surface area (Å²) in [7, 11) is -3.83. The molecule has 1 unspecified atom stereocenters. The Morgan fingerprint density at radius 2 is 2.24 bits per heavy atom. The molecular formula is C11H11BrClN3O4S. The summed E-state index contributed by atoms with van der Waals surface area (Å²) >= 11 is 9.29. The minimum absolute atomic E-state index is 0.0230. The van der Waals surface area contributed by atoms with Crippen LogP contribution in [0.15, 0.2) is 24.6 Å². The maximum absolute atomic E-state index is 12.5. The van der Waals surface area contributed by atoms with Crippen molar-refractivity contribution in [1.82, 2.24) is 15.0 Å². The van der Waals surface area contributed by atoms with Gasteiger partial charge in [-0.2, -0.15) is 0 Å². The fraction of sp³-hybridized carbons (Fsp3) is 0.364. The number of aromatic amines is 1. The van der Waals surface area contributed by atoms with E-state index in [4.69, 9.17) is 16.0 Å².